The number of hydrogen-bond donors (Lipinski definition) is 1. The summed E-state index contributed by atoms with van der Waals surface area (Å²) < 4.78 is 10.7. The van der Waals surface area contributed by atoms with Gasteiger partial charge in [0, 0.05) is 64.5 Å². The number of rotatable bonds is 10. The van der Waals surface area contributed by atoms with Crippen LogP contribution in [-0.4, -0.2) is 79.6 Å². The summed E-state index contributed by atoms with van der Waals surface area (Å²) in [6.07, 6.45) is 0.275. The predicted molar refractivity (Wildman–Crippen MR) is 139 cm³/mol. The number of hydrogen-bond acceptors (Lipinski definition) is 7. The van der Waals surface area contributed by atoms with E-state index in [1.807, 2.05) is 30.3 Å². The highest BCUT2D eigenvalue weighted by Crippen LogP contribution is 2.29. The van der Waals surface area contributed by atoms with E-state index < -0.39 is 6.10 Å². The van der Waals surface area contributed by atoms with Crippen molar-refractivity contribution in [1.82, 2.24) is 14.9 Å². The Labute approximate surface area is 208 Å². The summed E-state index contributed by atoms with van der Waals surface area (Å²) in [5.41, 5.74) is 5.51. The van der Waals surface area contributed by atoms with Crippen molar-refractivity contribution in [3.63, 3.8) is 0 Å². The maximum atomic E-state index is 10.2. The second-order valence-electron chi connectivity index (χ2n) is 9.15. The molecule has 0 bridgehead atoms. The second-order valence-corrected chi connectivity index (χ2v) is 9.15. The largest absolute Gasteiger partial charge is 0.389 e. The summed E-state index contributed by atoms with van der Waals surface area (Å²) in [5.74, 6) is 1.70. The second kappa shape index (κ2) is 12.2. The van der Waals surface area contributed by atoms with Crippen LogP contribution < -0.4 is 4.90 Å². The number of anilines is 1. The van der Waals surface area contributed by atoms with Crippen molar-refractivity contribution in [2.45, 2.75) is 26.1 Å². The number of nitrogens with zero attached hydrogens (tertiary/aromatic N) is 4. The van der Waals surface area contributed by atoms with Crippen LogP contribution in [0.15, 0.2) is 54.6 Å². The normalized spacial score (nSPS) is 15.4. The first-order chi connectivity index (χ1) is 17.1. The Bertz CT molecular complexity index is 1070. The average Bonchev–Trinajstić information content (AvgIpc) is 2.87. The molecule has 7 heteroatoms. The van der Waals surface area contributed by atoms with Gasteiger partial charge in [-0.25, -0.2) is 9.97 Å². The van der Waals surface area contributed by atoms with Gasteiger partial charge >= 0.3 is 0 Å². The molecule has 0 saturated carbocycles. The minimum atomic E-state index is -0.472. The van der Waals surface area contributed by atoms with E-state index in [1.165, 1.54) is 11.1 Å². The Morgan fingerprint density at radius 2 is 1.63 bits per heavy atom. The lowest BCUT2D eigenvalue weighted by Crippen LogP contribution is -2.49. The molecule has 0 aliphatic carbocycles. The Morgan fingerprint density at radius 3 is 2.29 bits per heavy atom. The molecular weight excluding hydrogens is 440 g/mol. The van der Waals surface area contributed by atoms with Crippen molar-refractivity contribution in [2.24, 2.45) is 0 Å². The van der Waals surface area contributed by atoms with Crippen LogP contribution in [0.5, 0.6) is 0 Å². The standard InChI is InChI=1S/C28H36N4O3/c1-21-9-11-22(12-10-21)17-25-26(20-35-3)29-27(23-7-5-4-6-8-23)30-28(25)32-15-13-31(14-16-32)18-24(33)19-34-2/h4-12,24,33H,13-20H2,1-3H3. The van der Waals surface area contributed by atoms with Crippen LogP contribution >= 0.6 is 0 Å². The zero-order chi connectivity index (χ0) is 24.6. The van der Waals surface area contributed by atoms with Gasteiger partial charge < -0.3 is 19.5 Å². The molecule has 1 aliphatic heterocycles. The molecule has 1 atom stereocenters. The number of aliphatic hydroxyl groups excluding tert-OH is 1. The maximum Gasteiger partial charge on any atom is 0.161 e. The van der Waals surface area contributed by atoms with Crippen molar-refractivity contribution in [2.75, 3.05) is 58.5 Å². The Kier molecular flexibility index (Phi) is 8.82. The van der Waals surface area contributed by atoms with Crippen molar-refractivity contribution in [3.05, 3.63) is 77.0 Å². The first-order valence-corrected chi connectivity index (χ1v) is 12.2. The van der Waals surface area contributed by atoms with Gasteiger partial charge in [0.05, 0.1) is 25.0 Å². The highest BCUT2D eigenvalue weighted by atomic mass is 16.5. The molecule has 7 nitrogen and oxygen atoms in total. The predicted octanol–water partition coefficient (Wildman–Crippen LogP) is 3.32. The summed E-state index contributed by atoms with van der Waals surface area (Å²) in [7, 11) is 3.33. The highest BCUT2D eigenvalue weighted by Gasteiger charge is 2.25. The summed E-state index contributed by atoms with van der Waals surface area (Å²) in [4.78, 5) is 14.7. The lowest BCUT2D eigenvalue weighted by Gasteiger charge is -2.37. The summed E-state index contributed by atoms with van der Waals surface area (Å²) >= 11 is 0. The van der Waals surface area contributed by atoms with E-state index in [2.05, 4.69) is 41.0 Å². The van der Waals surface area contributed by atoms with E-state index in [-0.39, 0.29) is 0 Å². The SMILES string of the molecule is COCc1nc(-c2ccccc2)nc(N2CCN(CC(O)COC)CC2)c1Cc1ccc(C)cc1. The molecule has 2 aromatic carbocycles. The van der Waals surface area contributed by atoms with Crippen molar-refractivity contribution in [1.29, 1.82) is 0 Å². The molecule has 0 spiro atoms. The first-order valence-electron chi connectivity index (χ1n) is 12.2. The molecule has 0 amide bonds. The third kappa shape index (κ3) is 6.64. The number of methoxy groups -OCH3 is 2. The van der Waals surface area contributed by atoms with Gasteiger partial charge in [-0.15, -0.1) is 0 Å². The zero-order valence-electron chi connectivity index (χ0n) is 21.0. The molecule has 1 aromatic heterocycles. The van der Waals surface area contributed by atoms with Crippen LogP contribution in [0.1, 0.15) is 22.4 Å². The molecule has 1 N–H and O–H groups in total. The van der Waals surface area contributed by atoms with E-state index >= 15 is 0 Å². The minimum absolute atomic E-state index is 0.355. The molecule has 35 heavy (non-hydrogen) atoms. The fraction of sp³-hybridized carbons (Fsp3) is 0.429. The van der Waals surface area contributed by atoms with E-state index in [9.17, 15) is 5.11 Å². The van der Waals surface area contributed by atoms with Crippen molar-refractivity contribution < 1.29 is 14.6 Å². The van der Waals surface area contributed by atoms with Gasteiger partial charge in [0.15, 0.2) is 5.82 Å². The van der Waals surface area contributed by atoms with E-state index in [0.717, 1.165) is 61.1 Å². The van der Waals surface area contributed by atoms with Crippen LogP contribution in [0, 0.1) is 6.92 Å². The summed E-state index contributed by atoms with van der Waals surface area (Å²) in [6, 6.07) is 18.8. The van der Waals surface area contributed by atoms with Gasteiger partial charge in [-0.2, -0.15) is 0 Å². The maximum absolute atomic E-state index is 10.2. The van der Waals surface area contributed by atoms with Gasteiger partial charge in [-0.05, 0) is 12.5 Å². The molecule has 1 unspecified atom stereocenters. The van der Waals surface area contributed by atoms with E-state index in [4.69, 9.17) is 19.4 Å². The van der Waals surface area contributed by atoms with Gasteiger partial charge in [-0.1, -0.05) is 60.2 Å². The quantitative estimate of drug-likeness (QED) is 0.481. The number of β-amino-alcohol motifs (C(OH)–C–C–N with tert-alkyl or cyclic N) is 1. The summed E-state index contributed by atoms with van der Waals surface area (Å²) in [6.45, 7) is 6.88. The number of aliphatic hydroxyl groups is 1. The van der Waals surface area contributed by atoms with Crippen LogP contribution in [0.4, 0.5) is 5.82 Å². The summed E-state index contributed by atoms with van der Waals surface area (Å²) in [5, 5.41) is 10.2. The third-order valence-electron chi connectivity index (χ3n) is 6.39. The van der Waals surface area contributed by atoms with Crippen LogP contribution in [0.3, 0.4) is 0 Å². The first kappa shape index (κ1) is 25.3. The Morgan fingerprint density at radius 1 is 0.914 bits per heavy atom. The average molecular weight is 477 g/mol. The molecule has 2 heterocycles. The molecule has 1 fully saturated rings. The number of piperazine rings is 1. The highest BCUT2D eigenvalue weighted by molar-refractivity contribution is 5.61. The monoisotopic (exact) mass is 476 g/mol. The molecule has 1 aliphatic rings. The zero-order valence-corrected chi connectivity index (χ0v) is 21.0. The lowest BCUT2D eigenvalue weighted by molar-refractivity contribution is 0.0365. The molecule has 0 radical (unpaired) electrons. The smallest absolute Gasteiger partial charge is 0.161 e. The number of benzene rings is 2. The van der Waals surface area contributed by atoms with Crippen molar-refractivity contribution >= 4 is 5.82 Å². The number of ether oxygens (including phenoxy) is 2. The fourth-order valence-electron chi connectivity index (χ4n) is 4.53. The van der Waals surface area contributed by atoms with Gasteiger partial charge in [0.1, 0.15) is 5.82 Å². The lowest BCUT2D eigenvalue weighted by atomic mass is 10.0. The van der Waals surface area contributed by atoms with Gasteiger partial charge in [0.2, 0.25) is 0 Å². The Hall–Kier alpha value is -2.84. The van der Waals surface area contributed by atoms with E-state index in [0.29, 0.717) is 19.8 Å². The number of aromatic nitrogens is 2. The van der Waals surface area contributed by atoms with Gasteiger partial charge in [-0.3, -0.25) is 4.90 Å². The molecule has 4 rings (SSSR count). The Balaban J connectivity index is 1.67. The minimum Gasteiger partial charge on any atom is -0.389 e. The van der Waals surface area contributed by atoms with Gasteiger partial charge in [0.25, 0.3) is 0 Å². The molecule has 1 saturated heterocycles. The van der Waals surface area contributed by atoms with Crippen LogP contribution in [0.2, 0.25) is 0 Å². The fourth-order valence-corrected chi connectivity index (χ4v) is 4.53. The topological polar surface area (TPSA) is 71.0 Å². The van der Waals surface area contributed by atoms with Crippen LogP contribution in [-0.2, 0) is 22.5 Å². The molecule has 3 aromatic rings. The number of aryl methyl sites for hydroxylation is 1. The van der Waals surface area contributed by atoms with E-state index in [1.54, 1.807) is 14.2 Å². The third-order valence-corrected chi connectivity index (χ3v) is 6.39. The van der Waals surface area contributed by atoms with Crippen molar-refractivity contribution in [3.8, 4) is 11.4 Å². The van der Waals surface area contributed by atoms with Crippen LogP contribution in [0.25, 0.3) is 11.4 Å². The molecular formula is C28H36N4O3. The molecule has 186 valence electrons.